The van der Waals surface area contributed by atoms with E-state index in [0.717, 1.165) is 0 Å². The molecule has 0 aliphatic rings. The number of aliphatic carboxylic acids is 1. The molecule has 5 nitrogen and oxygen atoms in total. The Balaban J connectivity index is 4.64. The number of nitrogens with zero attached hydrogens (tertiary/aromatic N) is 1. The smallest absolute Gasteiger partial charge is 0.410 e. The minimum absolute atomic E-state index is 0.0741. The monoisotopic (exact) mass is 259 g/mol. The molecule has 0 heterocycles. The van der Waals surface area contributed by atoms with Crippen LogP contribution in [0.15, 0.2) is 0 Å². The molecular formula is C13H25NO4. The van der Waals surface area contributed by atoms with Gasteiger partial charge < -0.3 is 14.7 Å². The Hall–Kier alpha value is -1.26. The standard InChI is InChI=1S/C13H25NO4/c1-12(2,3)9-14(8-7-10(15)16)11(17)18-13(4,5)6/h7-9H2,1-6H3,(H,15,16). The number of carboxylic acid groups (broad SMARTS) is 1. The molecule has 0 unspecified atom stereocenters. The first-order valence-electron chi connectivity index (χ1n) is 6.10. The molecule has 0 aromatic carbocycles. The molecule has 0 aliphatic carbocycles. The average molecular weight is 259 g/mol. The van der Waals surface area contributed by atoms with E-state index in [1.54, 1.807) is 20.8 Å². The molecule has 0 saturated heterocycles. The molecule has 0 saturated carbocycles. The molecule has 106 valence electrons. The van der Waals surface area contributed by atoms with Crippen molar-refractivity contribution in [3.8, 4) is 0 Å². The van der Waals surface area contributed by atoms with Crippen LogP contribution in [-0.2, 0) is 9.53 Å². The van der Waals surface area contributed by atoms with E-state index in [1.807, 2.05) is 20.8 Å². The predicted octanol–water partition coefficient (Wildman–Crippen LogP) is 2.74. The number of carbonyl (C=O) groups excluding carboxylic acids is 1. The zero-order valence-corrected chi connectivity index (χ0v) is 12.2. The van der Waals surface area contributed by atoms with Crippen molar-refractivity contribution in [2.45, 2.75) is 53.6 Å². The van der Waals surface area contributed by atoms with E-state index in [2.05, 4.69) is 0 Å². The minimum atomic E-state index is -0.919. The first-order chi connectivity index (χ1) is 7.91. The van der Waals surface area contributed by atoms with Crippen molar-refractivity contribution in [2.75, 3.05) is 13.1 Å². The van der Waals surface area contributed by atoms with Crippen molar-refractivity contribution in [2.24, 2.45) is 5.41 Å². The molecule has 0 bridgehead atoms. The molecule has 0 aliphatic heterocycles. The number of carboxylic acids is 1. The summed E-state index contributed by atoms with van der Waals surface area (Å²) in [6, 6.07) is 0. The highest BCUT2D eigenvalue weighted by molar-refractivity contribution is 5.70. The van der Waals surface area contributed by atoms with E-state index in [4.69, 9.17) is 9.84 Å². The maximum Gasteiger partial charge on any atom is 0.410 e. The summed E-state index contributed by atoms with van der Waals surface area (Å²) in [4.78, 5) is 24.0. The first-order valence-corrected chi connectivity index (χ1v) is 6.10. The molecule has 18 heavy (non-hydrogen) atoms. The Morgan fingerprint density at radius 3 is 1.94 bits per heavy atom. The second-order valence-electron chi connectivity index (χ2n) is 6.61. The molecule has 0 rings (SSSR count). The Morgan fingerprint density at radius 1 is 1.11 bits per heavy atom. The fourth-order valence-corrected chi connectivity index (χ4v) is 1.36. The normalized spacial score (nSPS) is 12.1. The van der Waals surface area contributed by atoms with Crippen molar-refractivity contribution < 1.29 is 19.4 Å². The Labute approximate surface area is 109 Å². The highest BCUT2D eigenvalue weighted by Gasteiger charge is 2.26. The van der Waals surface area contributed by atoms with Gasteiger partial charge in [0.25, 0.3) is 0 Å². The summed E-state index contributed by atoms with van der Waals surface area (Å²) in [5.74, 6) is -0.919. The van der Waals surface area contributed by atoms with E-state index in [-0.39, 0.29) is 18.4 Å². The van der Waals surface area contributed by atoms with Gasteiger partial charge in [0.2, 0.25) is 0 Å². The maximum atomic E-state index is 12.0. The summed E-state index contributed by atoms with van der Waals surface area (Å²) in [6.07, 6.45) is -0.534. The molecule has 0 radical (unpaired) electrons. The summed E-state index contributed by atoms with van der Waals surface area (Å²) in [5.41, 5.74) is -0.675. The van der Waals surface area contributed by atoms with Gasteiger partial charge in [-0.15, -0.1) is 0 Å². The van der Waals surface area contributed by atoms with E-state index in [9.17, 15) is 9.59 Å². The van der Waals surface area contributed by atoms with Crippen LogP contribution in [0.1, 0.15) is 48.0 Å². The average Bonchev–Trinajstić information content (AvgIpc) is 2.06. The van der Waals surface area contributed by atoms with Crippen molar-refractivity contribution in [3.05, 3.63) is 0 Å². The molecule has 0 atom stereocenters. The van der Waals surface area contributed by atoms with E-state index < -0.39 is 17.7 Å². The number of hydrogen-bond acceptors (Lipinski definition) is 3. The molecule has 1 N–H and O–H groups in total. The summed E-state index contributed by atoms with van der Waals surface area (Å²) < 4.78 is 5.27. The minimum Gasteiger partial charge on any atom is -0.481 e. The van der Waals surface area contributed by atoms with Gasteiger partial charge in [0.1, 0.15) is 5.60 Å². The molecule has 1 amide bonds. The lowest BCUT2D eigenvalue weighted by atomic mass is 9.96. The van der Waals surface area contributed by atoms with Crippen LogP contribution >= 0.6 is 0 Å². The van der Waals surface area contributed by atoms with Gasteiger partial charge in [0.05, 0.1) is 6.42 Å². The number of amides is 1. The quantitative estimate of drug-likeness (QED) is 0.843. The van der Waals surface area contributed by atoms with Gasteiger partial charge in [-0.1, -0.05) is 20.8 Å². The Bertz CT molecular complexity index is 299. The van der Waals surface area contributed by atoms with Gasteiger partial charge in [0.15, 0.2) is 0 Å². The van der Waals surface area contributed by atoms with Crippen LogP contribution in [0.25, 0.3) is 0 Å². The fraction of sp³-hybridized carbons (Fsp3) is 0.846. The number of carbonyl (C=O) groups is 2. The summed E-state index contributed by atoms with van der Waals surface area (Å²) in [6.45, 7) is 12.0. The molecule has 0 spiro atoms. The first kappa shape index (κ1) is 16.7. The molecule has 0 aromatic heterocycles. The van der Waals surface area contributed by atoms with Crippen LogP contribution in [0.5, 0.6) is 0 Å². The summed E-state index contributed by atoms with van der Waals surface area (Å²) in [5, 5.41) is 8.70. The Morgan fingerprint density at radius 2 is 1.61 bits per heavy atom. The topological polar surface area (TPSA) is 66.8 Å². The largest absolute Gasteiger partial charge is 0.481 e. The Kier molecular flexibility index (Phi) is 5.64. The van der Waals surface area contributed by atoms with Gasteiger partial charge in [0, 0.05) is 13.1 Å². The van der Waals surface area contributed by atoms with Crippen LogP contribution in [0.4, 0.5) is 4.79 Å². The lowest BCUT2D eigenvalue weighted by Crippen LogP contribution is -2.42. The molecule has 5 heteroatoms. The third kappa shape index (κ3) is 8.84. The van der Waals surface area contributed by atoms with Crippen LogP contribution in [-0.4, -0.2) is 40.8 Å². The lowest BCUT2D eigenvalue weighted by molar-refractivity contribution is -0.137. The van der Waals surface area contributed by atoms with Crippen LogP contribution in [0, 0.1) is 5.41 Å². The zero-order chi connectivity index (χ0) is 14.6. The SMILES string of the molecule is CC(C)(C)CN(CCC(=O)O)C(=O)OC(C)(C)C. The van der Waals surface area contributed by atoms with Crippen molar-refractivity contribution in [1.82, 2.24) is 4.90 Å². The van der Waals surface area contributed by atoms with Gasteiger partial charge in [-0.25, -0.2) is 4.79 Å². The van der Waals surface area contributed by atoms with Crippen LogP contribution in [0.2, 0.25) is 0 Å². The van der Waals surface area contributed by atoms with Crippen molar-refractivity contribution in [3.63, 3.8) is 0 Å². The van der Waals surface area contributed by atoms with E-state index >= 15 is 0 Å². The number of hydrogen-bond donors (Lipinski definition) is 1. The third-order valence-corrected chi connectivity index (χ3v) is 1.91. The van der Waals surface area contributed by atoms with Crippen molar-refractivity contribution in [1.29, 1.82) is 0 Å². The van der Waals surface area contributed by atoms with Gasteiger partial charge in [-0.3, -0.25) is 4.79 Å². The third-order valence-electron chi connectivity index (χ3n) is 1.91. The number of rotatable bonds is 4. The second-order valence-corrected chi connectivity index (χ2v) is 6.61. The van der Waals surface area contributed by atoms with Crippen LogP contribution < -0.4 is 0 Å². The lowest BCUT2D eigenvalue weighted by Gasteiger charge is -2.31. The van der Waals surface area contributed by atoms with E-state index in [0.29, 0.717) is 6.54 Å². The molecule has 0 aromatic rings. The fourth-order valence-electron chi connectivity index (χ4n) is 1.36. The second kappa shape index (κ2) is 6.07. The highest BCUT2D eigenvalue weighted by Crippen LogP contribution is 2.18. The van der Waals surface area contributed by atoms with Crippen molar-refractivity contribution >= 4 is 12.1 Å². The van der Waals surface area contributed by atoms with Gasteiger partial charge >= 0.3 is 12.1 Å². The summed E-state index contributed by atoms with van der Waals surface area (Å²) >= 11 is 0. The molecular weight excluding hydrogens is 234 g/mol. The van der Waals surface area contributed by atoms with Gasteiger partial charge in [-0.2, -0.15) is 0 Å². The predicted molar refractivity (Wildman–Crippen MR) is 69.5 cm³/mol. The molecule has 0 fully saturated rings. The summed E-state index contributed by atoms with van der Waals surface area (Å²) in [7, 11) is 0. The van der Waals surface area contributed by atoms with Gasteiger partial charge in [-0.05, 0) is 26.2 Å². The number of ether oxygens (including phenoxy) is 1. The zero-order valence-electron chi connectivity index (χ0n) is 12.2. The van der Waals surface area contributed by atoms with E-state index in [1.165, 1.54) is 4.90 Å². The van der Waals surface area contributed by atoms with Crippen LogP contribution in [0.3, 0.4) is 0 Å². The maximum absolute atomic E-state index is 12.0. The highest BCUT2D eigenvalue weighted by atomic mass is 16.6.